The van der Waals surface area contributed by atoms with E-state index in [4.69, 9.17) is 0 Å². The minimum Gasteiger partial charge on any atom is -0.334 e. The van der Waals surface area contributed by atoms with Crippen LogP contribution in [0.3, 0.4) is 0 Å². The van der Waals surface area contributed by atoms with Crippen LogP contribution in [0, 0.1) is 5.82 Å². The van der Waals surface area contributed by atoms with Gasteiger partial charge in [-0.2, -0.15) is 0 Å². The number of amides is 2. The standard InChI is InChI=1S/C18H23FN4O/c1-22(2)10-11-23(14-16-4-3-9-20-12-16)18(24)21-13-15-5-7-17(19)8-6-15/h3-9,12H,10-11,13-14H2,1-2H3,(H,21,24). The number of benzene rings is 1. The summed E-state index contributed by atoms with van der Waals surface area (Å²) in [6.07, 6.45) is 3.47. The van der Waals surface area contributed by atoms with Gasteiger partial charge in [-0.05, 0) is 43.4 Å². The van der Waals surface area contributed by atoms with Crippen LogP contribution in [0.5, 0.6) is 0 Å². The molecule has 0 atom stereocenters. The number of carbonyl (C=O) groups excluding carboxylic acids is 1. The molecule has 1 aromatic heterocycles. The van der Waals surface area contributed by atoms with Gasteiger partial charge in [-0.1, -0.05) is 18.2 Å². The maximum atomic E-state index is 12.9. The van der Waals surface area contributed by atoms with Crippen molar-refractivity contribution in [1.29, 1.82) is 0 Å². The molecule has 0 aliphatic rings. The highest BCUT2D eigenvalue weighted by Crippen LogP contribution is 2.05. The van der Waals surface area contributed by atoms with Gasteiger partial charge in [0.15, 0.2) is 0 Å². The Morgan fingerprint density at radius 2 is 1.88 bits per heavy atom. The second-order valence-corrected chi connectivity index (χ2v) is 5.87. The number of likely N-dealkylation sites (N-methyl/N-ethyl adjacent to an activating group) is 1. The molecule has 0 aliphatic carbocycles. The first-order valence-electron chi connectivity index (χ1n) is 7.85. The third kappa shape index (κ3) is 5.96. The number of aromatic nitrogens is 1. The summed E-state index contributed by atoms with van der Waals surface area (Å²) in [4.78, 5) is 20.4. The average Bonchev–Trinajstić information content (AvgIpc) is 2.58. The third-order valence-corrected chi connectivity index (χ3v) is 3.56. The van der Waals surface area contributed by atoms with Crippen molar-refractivity contribution < 1.29 is 9.18 Å². The summed E-state index contributed by atoms with van der Waals surface area (Å²) >= 11 is 0. The summed E-state index contributed by atoms with van der Waals surface area (Å²) in [6, 6.07) is 9.77. The maximum absolute atomic E-state index is 12.9. The Morgan fingerprint density at radius 1 is 1.12 bits per heavy atom. The normalized spacial score (nSPS) is 10.7. The molecule has 6 heteroatoms. The number of halogens is 1. The molecule has 2 rings (SSSR count). The van der Waals surface area contributed by atoms with Gasteiger partial charge in [0.25, 0.3) is 0 Å². The highest BCUT2D eigenvalue weighted by molar-refractivity contribution is 5.74. The Balaban J connectivity index is 1.96. The smallest absolute Gasteiger partial charge is 0.318 e. The highest BCUT2D eigenvalue weighted by atomic mass is 19.1. The molecular formula is C18H23FN4O. The van der Waals surface area contributed by atoms with Crippen LogP contribution in [0.1, 0.15) is 11.1 Å². The number of nitrogens with zero attached hydrogens (tertiary/aromatic N) is 3. The molecule has 5 nitrogen and oxygen atoms in total. The van der Waals surface area contributed by atoms with E-state index in [1.165, 1.54) is 12.1 Å². The van der Waals surface area contributed by atoms with Crippen LogP contribution in [0.15, 0.2) is 48.8 Å². The van der Waals surface area contributed by atoms with Gasteiger partial charge in [0, 0.05) is 38.6 Å². The zero-order chi connectivity index (χ0) is 17.4. The van der Waals surface area contributed by atoms with Gasteiger partial charge in [-0.3, -0.25) is 4.98 Å². The molecule has 0 radical (unpaired) electrons. The molecule has 1 heterocycles. The molecule has 0 bridgehead atoms. The van der Waals surface area contributed by atoms with Gasteiger partial charge >= 0.3 is 6.03 Å². The summed E-state index contributed by atoms with van der Waals surface area (Å²) in [7, 11) is 3.94. The third-order valence-electron chi connectivity index (χ3n) is 3.56. The van der Waals surface area contributed by atoms with Crippen molar-refractivity contribution >= 4 is 6.03 Å². The number of hydrogen-bond acceptors (Lipinski definition) is 3. The van der Waals surface area contributed by atoms with E-state index in [1.807, 2.05) is 31.1 Å². The molecule has 128 valence electrons. The Labute approximate surface area is 142 Å². The van der Waals surface area contributed by atoms with E-state index in [2.05, 4.69) is 10.3 Å². The maximum Gasteiger partial charge on any atom is 0.318 e. The van der Waals surface area contributed by atoms with E-state index < -0.39 is 0 Å². The van der Waals surface area contributed by atoms with Crippen LogP contribution < -0.4 is 5.32 Å². The van der Waals surface area contributed by atoms with E-state index in [-0.39, 0.29) is 11.8 Å². The zero-order valence-corrected chi connectivity index (χ0v) is 14.1. The second-order valence-electron chi connectivity index (χ2n) is 5.87. The van der Waals surface area contributed by atoms with Crippen LogP contribution >= 0.6 is 0 Å². The van der Waals surface area contributed by atoms with Gasteiger partial charge in [-0.15, -0.1) is 0 Å². The van der Waals surface area contributed by atoms with Crippen LogP contribution in [-0.2, 0) is 13.1 Å². The lowest BCUT2D eigenvalue weighted by molar-refractivity contribution is 0.188. The van der Waals surface area contributed by atoms with Crippen molar-refractivity contribution in [2.75, 3.05) is 27.2 Å². The average molecular weight is 330 g/mol. The monoisotopic (exact) mass is 330 g/mol. The minimum absolute atomic E-state index is 0.148. The molecule has 0 aliphatic heterocycles. The van der Waals surface area contributed by atoms with Gasteiger partial charge in [-0.25, -0.2) is 9.18 Å². The molecule has 2 aromatic rings. The summed E-state index contributed by atoms with van der Waals surface area (Å²) < 4.78 is 12.9. The predicted octanol–water partition coefficient (Wildman–Crippen LogP) is 2.49. The summed E-state index contributed by atoms with van der Waals surface area (Å²) in [5.41, 5.74) is 1.84. The largest absolute Gasteiger partial charge is 0.334 e. The fourth-order valence-corrected chi connectivity index (χ4v) is 2.18. The SMILES string of the molecule is CN(C)CCN(Cc1cccnc1)C(=O)NCc1ccc(F)cc1. The van der Waals surface area contributed by atoms with Crippen LogP contribution in [0.4, 0.5) is 9.18 Å². The molecule has 24 heavy (non-hydrogen) atoms. The van der Waals surface area contributed by atoms with Crippen molar-refractivity contribution in [3.05, 3.63) is 65.7 Å². The van der Waals surface area contributed by atoms with E-state index in [0.717, 1.165) is 17.7 Å². The zero-order valence-electron chi connectivity index (χ0n) is 14.1. The number of pyridine rings is 1. The lowest BCUT2D eigenvalue weighted by Crippen LogP contribution is -2.42. The van der Waals surface area contributed by atoms with Gasteiger partial charge in [0.2, 0.25) is 0 Å². The van der Waals surface area contributed by atoms with Crippen molar-refractivity contribution in [2.24, 2.45) is 0 Å². The molecule has 0 unspecified atom stereocenters. The molecular weight excluding hydrogens is 307 g/mol. The predicted molar refractivity (Wildman–Crippen MR) is 91.8 cm³/mol. The Hall–Kier alpha value is -2.47. The molecule has 0 saturated heterocycles. The number of urea groups is 1. The van der Waals surface area contributed by atoms with Crippen LogP contribution in [-0.4, -0.2) is 48.0 Å². The Bertz CT molecular complexity index is 631. The molecule has 1 aromatic carbocycles. The van der Waals surface area contributed by atoms with E-state index >= 15 is 0 Å². The fraction of sp³-hybridized carbons (Fsp3) is 0.333. The topological polar surface area (TPSA) is 48.5 Å². The summed E-state index contributed by atoms with van der Waals surface area (Å²) in [5, 5.41) is 2.89. The number of rotatable bonds is 7. The Morgan fingerprint density at radius 3 is 2.50 bits per heavy atom. The number of nitrogens with one attached hydrogen (secondary N) is 1. The van der Waals surface area contributed by atoms with Gasteiger partial charge < -0.3 is 15.1 Å². The molecule has 2 amide bonds. The van der Waals surface area contributed by atoms with E-state index in [1.54, 1.807) is 29.4 Å². The van der Waals surface area contributed by atoms with Crippen molar-refractivity contribution in [2.45, 2.75) is 13.1 Å². The second kappa shape index (κ2) is 8.98. The summed E-state index contributed by atoms with van der Waals surface area (Å²) in [6.45, 7) is 2.24. The number of carbonyl (C=O) groups is 1. The molecule has 0 spiro atoms. The van der Waals surface area contributed by atoms with Crippen molar-refractivity contribution in [3.8, 4) is 0 Å². The van der Waals surface area contributed by atoms with E-state index in [9.17, 15) is 9.18 Å². The fourth-order valence-electron chi connectivity index (χ4n) is 2.18. The molecule has 0 fully saturated rings. The first kappa shape index (κ1) is 17.9. The highest BCUT2D eigenvalue weighted by Gasteiger charge is 2.14. The first-order chi connectivity index (χ1) is 11.5. The van der Waals surface area contributed by atoms with Gasteiger partial charge in [0.1, 0.15) is 5.82 Å². The Kier molecular flexibility index (Phi) is 6.69. The first-order valence-corrected chi connectivity index (χ1v) is 7.85. The van der Waals surface area contributed by atoms with Crippen molar-refractivity contribution in [1.82, 2.24) is 20.1 Å². The van der Waals surface area contributed by atoms with E-state index in [0.29, 0.717) is 19.6 Å². The van der Waals surface area contributed by atoms with Crippen LogP contribution in [0.25, 0.3) is 0 Å². The quantitative estimate of drug-likeness (QED) is 0.848. The molecule has 1 N–H and O–H groups in total. The number of hydrogen-bond donors (Lipinski definition) is 1. The lowest BCUT2D eigenvalue weighted by atomic mass is 10.2. The van der Waals surface area contributed by atoms with Crippen LogP contribution in [0.2, 0.25) is 0 Å². The minimum atomic E-state index is -0.283. The lowest BCUT2D eigenvalue weighted by Gasteiger charge is -2.24. The van der Waals surface area contributed by atoms with Gasteiger partial charge in [0.05, 0.1) is 0 Å². The van der Waals surface area contributed by atoms with Crippen molar-refractivity contribution in [3.63, 3.8) is 0 Å². The molecule has 0 saturated carbocycles. The summed E-state index contributed by atoms with van der Waals surface area (Å²) in [5.74, 6) is -0.283.